The predicted octanol–water partition coefficient (Wildman–Crippen LogP) is 5.13. The van der Waals surface area contributed by atoms with Crippen LogP contribution in [0.25, 0.3) is 11.1 Å². The van der Waals surface area contributed by atoms with E-state index in [0.29, 0.717) is 21.8 Å². The lowest BCUT2D eigenvalue weighted by molar-refractivity contribution is -0.119. The number of hydrogen-bond acceptors (Lipinski definition) is 4. The minimum Gasteiger partial charge on any atom is -0.322 e. The number of sulfone groups is 1. The maximum Gasteiger partial charge on any atom is 0.322 e. The Balaban J connectivity index is 1.51. The lowest BCUT2D eigenvalue weighted by Crippen LogP contribution is -2.45. The zero-order chi connectivity index (χ0) is 26.0. The summed E-state index contributed by atoms with van der Waals surface area (Å²) in [4.78, 5) is 26.7. The van der Waals surface area contributed by atoms with Crippen molar-refractivity contribution in [2.24, 2.45) is 0 Å². The lowest BCUT2D eigenvalue weighted by atomic mass is 10.0. The molecule has 7 nitrogen and oxygen atoms in total. The van der Waals surface area contributed by atoms with E-state index in [1.165, 1.54) is 18.2 Å². The number of amides is 3. The summed E-state index contributed by atoms with van der Waals surface area (Å²) in [7, 11) is -3.56. The summed E-state index contributed by atoms with van der Waals surface area (Å²) < 4.78 is 53.3. The van der Waals surface area contributed by atoms with Crippen molar-refractivity contribution in [3.05, 3.63) is 77.6 Å². The Morgan fingerprint density at radius 3 is 2.39 bits per heavy atom. The van der Waals surface area contributed by atoms with Crippen molar-refractivity contribution < 1.29 is 26.8 Å². The fourth-order valence-corrected chi connectivity index (χ4v) is 5.05. The molecule has 0 aromatic heterocycles. The van der Waals surface area contributed by atoms with E-state index in [-0.39, 0.29) is 23.5 Å². The van der Waals surface area contributed by atoms with Gasteiger partial charge in [0.05, 0.1) is 17.1 Å². The topological polar surface area (TPSA) is 95.6 Å². The molecule has 1 aliphatic heterocycles. The Hall–Kier alpha value is -3.50. The van der Waals surface area contributed by atoms with Crippen LogP contribution in [-0.2, 0) is 14.6 Å². The Labute approximate surface area is 212 Å². The number of nitrogens with one attached hydrogen (secondary N) is 2. The fourth-order valence-electron chi connectivity index (χ4n) is 4.01. The zero-order valence-corrected chi connectivity index (χ0v) is 20.6. The van der Waals surface area contributed by atoms with Gasteiger partial charge in [0.15, 0.2) is 9.84 Å². The van der Waals surface area contributed by atoms with Gasteiger partial charge >= 0.3 is 6.03 Å². The number of anilines is 2. The largest absolute Gasteiger partial charge is 0.322 e. The Kier molecular flexibility index (Phi) is 7.28. The molecule has 2 N–H and O–H groups in total. The third-order valence-electron chi connectivity index (χ3n) is 5.73. The summed E-state index contributed by atoms with van der Waals surface area (Å²) in [6, 6.07) is 14.5. The molecule has 1 aliphatic rings. The first-order valence-electron chi connectivity index (χ1n) is 10.9. The minimum atomic E-state index is -3.56. The van der Waals surface area contributed by atoms with Crippen LogP contribution in [0.15, 0.2) is 71.6 Å². The second-order valence-electron chi connectivity index (χ2n) is 8.39. The number of nitrogens with zero attached hydrogens (tertiary/aromatic N) is 1. The van der Waals surface area contributed by atoms with Gasteiger partial charge in [0, 0.05) is 29.0 Å². The average Bonchev–Trinajstić information content (AvgIpc) is 3.23. The van der Waals surface area contributed by atoms with E-state index in [1.807, 2.05) is 0 Å². The van der Waals surface area contributed by atoms with Gasteiger partial charge < -0.3 is 15.5 Å². The summed E-state index contributed by atoms with van der Waals surface area (Å²) >= 11 is 5.84. The molecule has 1 heterocycles. The summed E-state index contributed by atoms with van der Waals surface area (Å²) in [5.41, 5.74) is 0.862. The Bertz CT molecular complexity index is 1420. The maximum absolute atomic E-state index is 14.9. The van der Waals surface area contributed by atoms with Gasteiger partial charge in [-0.05, 0) is 48.0 Å². The molecule has 3 aromatic carbocycles. The molecular formula is C25H22ClF2N3O4S. The highest BCUT2D eigenvalue weighted by molar-refractivity contribution is 7.90. The van der Waals surface area contributed by atoms with Gasteiger partial charge in [0.25, 0.3) is 0 Å². The van der Waals surface area contributed by atoms with Crippen molar-refractivity contribution in [2.75, 3.05) is 23.4 Å². The number of rotatable bonds is 5. The summed E-state index contributed by atoms with van der Waals surface area (Å²) in [6.07, 6.45) is -0.594. The van der Waals surface area contributed by atoms with Crippen LogP contribution in [0.1, 0.15) is 6.42 Å². The second-order valence-corrected chi connectivity index (χ2v) is 10.8. The van der Waals surface area contributed by atoms with Crippen molar-refractivity contribution >= 4 is 44.8 Å². The molecule has 3 amide bonds. The number of benzene rings is 3. The van der Waals surface area contributed by atoms with Crippen LogP contribution in [0.3, 0.4) is 0 Å². The zero-order valence-electron chi connectivity index (χ0n) is 19.0. The number of halogens is 3. The minimum absolute atomic E-state index is 0.0449. The molecule has 1 saturated heterocycles. The Morgan fingerprint density at radius 2 is 1.72 bits per heavy atom. The summed E-state index contributed by atoms with van der Waals surface area (Å²) in [5.74, 6) is -1.55. The van der Waals surface area contributed by atoms with E-state index in [0.717, 1.165) is 17.2 Å². The number of urea groups is 1. The third-order valence-corrected chi connectivity index (χ3v) is 7.14. The normalized spacial score (nSPS) is 17.6. The molecule has 188 valence electrons. The van der Waals surface area contributed by atoms with Gasteiger partial charge in [-0.25, -0.2) is 22.0 Å². The number of likely N-dealkylation sites (tertiary alicyclic amines) is 1. The van der Waals surface area contributed by atoms with Crippen LogP contribution in [0.4, 0.5) is 25.0 Å². The van der Waals surface area contributed by atoms with E-state index in [4.69, 9.17) is 11.6 Å². The van der Waals surface area contributed by atoms with Crippen molar-refractivity contribution in [3.63, 3.8) is 0 Å². The van der Waals surface area contributed by atoms with Crippen LogP contribution < -0.4 is 10.6 Å². The molecule has 36 heavy (non-hydrogen) atoms. The van der Waals surface area contributed by atoms with Crippen LogP contribution >= 0.6 is 11.6 Å². The molecule has 0 unspecified atom stereocenters. The van der Waals surface area contributed by atoms with Crippen LogP contribution in [0.5, 0.6) is 0 Å². The highest BCUT2D eigenvalue weighted by Gasteiger charge is 2.40. The standard InChI is InChI=1S/C25H22ClF2N3O4S/c1-36(34,35)23-5-3-2-4-19(23)15-6-11-21(20(28)12-15)30-24(32)22-13-17(27)14-31(22)25(33)29-18-9-7-16(26)8-10-18/h2-12,17,22H,13-14H2,1H3,(H,29,33)(H,30,32)/t17-,22+/m0/s1. The molecule has 0 radical (unpaired) electrons. The average molecular weight is 534 g/mol. The fraction of sp³-hybridized carbons (Fsp3) is 0.200. The number of carbonyl (C=O) groups excluding carboxylic acids is 2. The molecule has 2 atom stereocenters. The molecule has 1 fully saturated rings. The van der Waals surface area contributed by atoms with Gasteiger partial charge in [-0.3, -0.25) is 4.79 Å². The lowest BCUT2D eigenvalue weighted by Gasteiger charge is -2.24. The number of carbonyl (C=O) groups is 2. The molecular weight excluding hydrogens is 512 g/mol. The van der Waals surface area contributed by atoms with E-state index < -0.39 is 39.8 Å². The van der Waals surface area contributed by atoms with Crippen molar-refractivity contribution in [2.45, 2.75) is 23.5 Å². The number of hydrogen-bond donors (Lipinski definition) is 2. The first-order valence-corrected chi connectivity index (χ1v) is 13.2. The summed E-state index contributed by atoms with van der Waals surface area (Å²) in [5, 5.41) is 5.48. The van der Waals surface area contributed by atoms with E-state index in [1.54, 1.807) is 42.5 Å². The van der Waals surface area contributed by atoms with Gasteiger partial charge in [0.1, 0.15) is 18.0 Å². The van der Waals surface area contributed by atoms with Crippen LogP contribution in [0, 0.1) is 5.82 Å². The predicted molar refractivity (Wildman–Crippen MR) is 134 cm³/mol. The van der Waals surface area contributed by atoms with E-state index in [9.17, 15) is 26.8 Å². The van der Waals surface area contributed by atoms with E-state index in [2.05, 4.69) is 10.6 Å². The molecule has 0 bridgehead atoms. The maximum atomic E-state index is 14.9. The quantitative estimate of drug-likeness (QED) is 0.475. The molecule has 4 rings (SSSR count). The van der Waals surface area contributed by atoms with Gasteiger partial charge in [-0.15, -0.1) is 0 Å². The van der Waals surface area contributed by atoms with Crippen molar-refractivity contribution in [1.29, 1.82) is 0 Å². The SMILES string of the molecule is CS(=O)(=O)c1ccccc1-c1ccc(NC(=O)[C@H]2C[C@H](F)CN2C(=O)Nc2ccc(Cl)cc2)c(F)c1. The number of alkyl halides is 1. The van der Waals surface area contributed by atoms with Gasteiger partial charge in [-0.1, -0.05) is 35.9 Å². The first-order chi connectivity index (χ1) is 17.0. The summed E-state index contributed by atoms with van der Waals surface area (Å²) in [6.45, 7) is -0.290. The molecule has 0 spiro atoms. The highest BCUT2D eigenvalue weighted by atomic mass is 35.5. The Morgan fingerprint density at radius 1 is 1.03 bits per heavy atom. The molecule has 0 aliphatic carbocycles. The molecule has 11 heteroatoms. The van der Waals surface area contributed by atoms with Crippen molar-refractivity contribution in [3.8, 4) is 11.1 Å². The second kappa shape index (κ2) is 10.2. The highest BCUT2D eigenvalue weighted by Crippen LogP contribution is 2.30. The van der Waals surface area contributed by atoms with Gasteiger partial charge in [0.2, 0.25) is 5.91 Å². The van der Waals surface area contributed by atoms with E-state index >= 15 is 0 Å². The van der Waals surface area contributed by atoms with Crippen LogP contribution in [0.2, 0.25) is 5.02 Å². The van der Waals surface area contributed by atoms with Crippen LogP contribution in [-0.4, -0.2) is 50.3 Å². The smallest absolute Gasteiger partial charge is 0.322 e. The monoisotopic (exact) mass is 533 g/mol. The molecule has 0 saturated carbocycles. The first kappa shape index (κ1) is 25.6. The van der Waals surface area contributed by atoms with Crippen molar-refractivity contribution in [1.82, 2.24) is 4.90 Å². The third kappa shape index (κ3) is 5.66. The van der Waals surface area contributed by atoms with Gasteiger partial charge in [-0.2, -0.15) is 0 Å². The molecule has 3 aromatic rings.